The first-order chi connectivity index (χ1) is 12.6. The number of rotatable bonds is 4. The molecule has 1 saturated heterocycles. The highest BCUT2D eigenvalue weighted by Gasteiger charge is 2.14. The molecular formula is C16H19ClN6O2S. The van der Waals surface area contributed by atoms with E-state index in [1.54, 1.807) is 24.3 Å². The molecule has 2 heterocycles. The van der Waals surface area contributed by atoms with E-state index >= 15 is 0 Å². The number of carbonyl (C=O) groups excluding carboxylic acids is 1. The van der Waals surface area contributed by atoms with E-state index < -0.39 is 0 Å². The third kappa shape index (κ3) is 4.55. The fraction of sp³-hybridized carbons (Fsp3) is 0.312. The van der Waals surface area contributed by atoms with Crippen molar-refractivity contribution >= 4 is 40.9 Å². The molecule has 138 valence electrons. The minimum atomic E-state index is -0.299. The number of hydrazine groups is 1. The summed E-state index contributed by atoms with van der Waals surface area (Å²) in [5.74, 6) is 0.786. The van der Waals surface area contributed by atoms with E-state index in [2.05, 4.69) is 20.7 Å². The van der Waals surface area contributed by atoms with Gasteiger partial charge in [0.25, 0.3) is 0 Å². The van der Waals surface area contributed by atoms with Gasteiger partial charge in [-0.05, 0) is 30.5 Å². The molecule has 3 rings (SSSR count). The lowest BCUT2D eigenvalue weighted by Crippen LogP contribution is -2.49. The molecule has 26 heavy (non-hydrogen) atoms. The van der Waals surface area contributed by atoms with E-state index in [9.17, 15) is 4.79 Å². The third-order valence-corrected chi connectivity index (χ3v) is 4.92. The molecule has 0 atom stereocenters. The van der Waals surface area contributed by atoms with Gasteiger partial charge in [-0.2, -0.15) is 0 Å². The Hall–Kier alpha value is -2.07. The number of morpholine rings is 1. The summed E-state index contributed by atoms with van der Waals surface area (Å²) >= 11 is 7.55. The van der Waals surface area contributed by atoms with Crippen LogP contribution in [0.5, 0.6) is 0 Å². The minimum Gasteiger partial charge on any atom is -0.383 e. The number of anilines is 2. The zero-order valence-electron chi connectivity index (χ0n) is 14.2. The summed E-state index contributed by atoms with van der Waals surface area (Å²) in [6, 6.07) is 6.84. The quantitative estimate of drug-likeness (QED) is 0.540. The van der Waals surface area contributed by atoms with Crippen molar-refractivity contribution in [1.82, 2.24) is 20.4 Å². The van der Waals surface area contributed by atoms with Crippen molar-refractivity contribution in [3.05, 3.63) is 29.4 Å². The van der Waals surface area contributed by atoms with Gasteiger partial charge in [0.05, 0.1) is 18.1 Å². The first-order valence-corrected chi connectivity index (χ1v) is 9.55. The number of nitrogen functional groups attached to an aromatic ring is 1. The normalized spacial score (nSPS) is 14.8. The standard InChI is InChI=1S/C16H19ClN6O2S/c1-26-12-13(17)20-15(21-14(12)18)10-2-4-11(5-3-10)19-16(24)22-23-6-8-25-9-7-23/h2-5H,6-9H2,1H3,(H2,18,20,21)(H2,19,22,24). The Morgan fingerprint density at radius 1 is 1.27 bits per heavy atom. The maximum absolute atomic E-state index is 12.0. The molecule has 0 radical (unpaired) electrons. The molecule has 1 fully saturated rings. The molecule has 4 N–H and O–H groups in total. The van der Waals surface area contributed by atoms with E-state index in [1.165, 1.54) is 11.8 Å². The van der Waals surface area contributed by atoms with Crippen LogP contribution in [0.3, 0.4) is 0 Å². The van der Waals surface area contributed by atoms with Crippen molar-refractivity contribution in [3.63, 3.8) is 0 Å². The van der Waals surface area contributed by atoms with Gasteiger partial charge in [-0.15, -0.1) is 11.8 Å². The predicted octanol–water partition coefficient (Wildman–Crippen LogP) is 2.47. The molecule has 0 spiro atoms. The zero-order valence-corrected chi connectivity index (χ0v) is 15.7. The summed E-state index contributed by atoms with van der Waals surface area (Å²) in [6.07, 6.45) is 1.86. The number of halogens is 1. The molecule has 8 nitrogen and oxygen atoms in total. The zero-order chi connectivity index (χ0) is 18.5. The van der Waals surface area contributed by atoms with Crippen molar-refractivity contribution in [3.8, 4) is 11.4 Å². The summed E-state index contributed by atoms with van der Waals surface area (Å²) in [6.45, 7) is 2.54. The number of thioether (sulfide) groups is 1. The van der Waals surface area contributed by atoms with Crippen LogP contribution in [-0.4, -0.2) is 53.6 Å². The summed E-state index contributed by atoms with van der Waals surface area (Å²) in [7, 11) is 0. The van der Waals surface area contributed by atoms with Crippen molar-refractivity contribution in [2.75, 3.05) is 43.6 Å². The molecular weight excluding hydrogens is 376 g/mol. The number of urea groups is 1. The Labute approximate surface area is 160 Å². The second-order valence-electron chi connectivity index (χ2n) is 5.50. The first-order valence-electron chi connectivity index (χ1n) is 7.94. The lowest BCUT2D eigenvalue weighted by molar-refractivity contribution is 0.0207. The monoisotopic (exact) mass is 394 g/mol. The highest BCUT2D eigenvalue weighted by atomic mass is 35.5. The van der Waals surface area contributed by atoms with Crippen LogP contribution in [0.1, 0.15) is 0 Å². The average Bonchev–Trinajstić information content (AvgIpc) is 2.63. The molecule has 2 amide bonds. The maximum Gasteiger partial charge on any atom is 0.333 e. The lowest BCUT2D eigenvalue weighted by atomic mass is 10.2. The minimum absolute atomic E-state index is 0.299. The number of hydrogen-bond acceptors (Lipinski definition) is 7. The van der Waals surface area contributed by atoms with Gasteiger partial charge in [0.1, 0.15) is 11.0 Å². The highest BCUT2D eigenvalue weighted by molar-refractivity contribution is 7.98. The van der Waals surface area contributed by atoms with Gasteiger partial charge in [-0.3, -0.25) is 5.43 Å². The molecule has 0 unspecified atom stereocenters. The van der Waals surface area contributed by atoms with Gasteiger partial charge >= 0.3 is 6.03 Å². The lowest BCUT2D eigenvalue weighted by Gasteiger charge is -2.26. The molecule has 1 aromatic heterocycles. The Balaban J connectivity index is 1.65. The van der Waals surface area contributed by atoms with Crippen LogP contribution in [-0.2, 0) is 4.74 Å². The second kappa shape index (κ2) is 8.54. The number of carbonyl (C=O) groups is 1. The fourth-order valence-electron chi connectivity index (χ4n) is 2.44. The van der Waals surface area contributed by atoms with Crippen molar-refractivity contribution < 1.29 is 9.53 Å². The van der Waals surface area contributed by atoms with Gasteiger partial charge < -0.3 is 15.8 Å². The molecule has 2 aromatic rings. The maximum atomic E-state index is 12.0. The topological polar surface area (TPSA) is 105 Å². The van der Waals surface area contributed by atoms with Crippen LogP contribution in [0.2, 0.25) is 5.15 Å². The molecule has 10 heteroatoms. The van der Waals surface area contributed by atoms with E-state index in [4.69, 9.17) is 22.1 Å². The van der Waals surface area contributed by atoms with Gasteiger partial charge in [0.15, 0.2) is 5.82 Å². The molecule has 1 aliphatic heterocycles. The molecule has 1 aromatic carbocycles. The molecule has 0 bridgehead atoms. The second-order valence-corrected chi connectivity index (χ2v) is 6.67. The number of nitrogens with zero attached hydrogens (tertiary/aromatic N) is 3. The van der Waals surface area contributed by atoms with Crippen molar-refractivity contribution in [2.24, 2.45) is 0 Å². The Morgan fingerprint density at radius 3 is 2.58 bits per heavy atom. The highest BCUT2D eigenvalue weighted by Crippen LogP contribution is 2.30. The number of hydrogen-bond donors (Lipinski definition) is 3. The number of nitrogens with two attached hydrogens (primary N) is 1. The fourth-order valence-corrected chi connectivity index (χ4v) is 3.31. The van der Waals surface area contributed by atoms with Crippen LogP contribution in [0.15, 0.2) is 29.2 Å². The summed E-state index contributed by atoms with van der Waals surface area (Å²) < 4.78 is 5.24. The van der Waals surface area contributed by atoms with Gasteiger partial charge in [0.2, 0.25) is 0 Å². The molecule has 0 saturated carbocycles. The predicted molar refractivity (Wildman–Crippen MR) is 103 cm³/mol. The number of ether oxygens (including phenoxy) is 1. The molecule has 1 aliphatic rings. The van der Waals surface area contributed by atoms with Crippen molar-refractivity contribution in [1.29, 1.82) is 0 Å². The summed E-state index contributed by atoms with van der Waals surface area (Å²) in [5.41, 5.74) is 10.1. The van der Waals surface area contributed by atoms with Crippen LogP contribution in [0.25, 0.3) is 11.4 Å². The van der Waals surface area contributed by atoms with E-state index in [0.29, 0.717) is 53.7 Å². The first kappa shape index (κ1) is 18.7. The Morgan fingerprint density at radius 2 is 1.96 bits per heavy atom. The average molecular weight is 395 g/mol. The Bertz CT molecular complexity index is 760. The summed E-state index contributed by atoms with van der Waals surface area (Å²) in [4.78, 5) is 21.3. The number of amides is 2. The van der Waals surface area contributed by atoms with Gasteiger partial charge in [-0.1, -0.05) is 11.6 Å². The van der Waals surface area contributed by atoms with Crippen LogP contribution >= 0.6 is 23.4 Å². The number of benzene rings is 1. The SMILES string of the molecule is CSc1c(N)nc(-c2ccc(NC(=O)NN3CCOCC3)cc2)nc1Cl. The molecule has 0 aliphatic carbocycles. The van der Waals surface area contributed by atoms with Crippen LogP contribution in [0.4, 0.5) is 16.3 Å². The van der Waals surface area contributed by atoms with Gasteiger partial charge in [0, 0.05) is 24.3 Å². The summed E-state index contributed by atoms with van der Waals surface area (Å²) in [5, 5.41) is 4.93. The van der Waals surface area contributed by atoms with Crippen LogP contribution in [0, 0.1) is 0 Å². The van der Waals surface area contributed by atoms with Gasteiger partial charge in [-0.25, -0.2) is 19.8 Å². The van der Waals surface area contributed by atoms with E-state index in [-0.39, 0.29) is 6.03 Å². The van der Waals surface area contributed by atoms with Crippen LogP contribution < -0.4 is 16.5 Å². The third-order valence-electron chi connectivity index (χ3n) is 3.73. The smallest absolute Gasteiger partial charge is 0.333 e. The largest absolute Gasteiger partial charge is 0.383 e. The Kier molecular flexibility index (Phi) is 6.15. The van der Waals surface area contributed by atoms with E-state index in [1.807, 2.05) is 11.3 Å². The number of nitrogens with one attached hydrogen (secondary N) is 2. The van der Waals surface area contributed by atoms with Crippen molar-refractivity contribution in [2.45, 2.75) is 4.90 Å². The number of aromatic nitrogens is 2. The van der Waals surface area contributed by atoms with E-state index in [0.717, 1.165) is 5.56 Å².